The summed E-state index contributed by atoms with van der Waals surface area (Å²) in [5.74, 6) is 0.798. The zero-order chi connectivity index (χ0) is 23.1. The van der Waals surface area contributed by atoms with E-state index in [9.17, 15) is 9.59 Å². The number of nitrogens with zero attached hydrogens (tertiary/aromatic N) is 4. The molecule has 1 aliphatic heterocycles. The topological polar surface area (TPSA) is 90.5 Å². The highest BCUT2D eigenvalue weighted by Crippen LogP contribution is 2.24. The van der Waals surface area contributed by atoms with Gasteiger partial charge in [-0.15, -0.1) is 0 Å². The summed E-state index contributed by atoms with van der Waals surface area (Å²) in [5.41, 5.74) is 1.05. The van der Waals surface area contributed by atoms with Crippen LogP contribution in [0.15, 0.2) is 41.6 Å². The van der Waals surface area contributed by atoms with E-state index in [0.29, 0.717) is 42.3 Å². The summed E-state index contributed by atoms with van der Waals surface area (Å²) < 4.78 is 0. The Morgan fingerprint density at radius 1 is 1.25 bits per heavy atom. The SMILES string of the molecule is CCNC(=O)N1CCN(c2cc(Cl)nc(SCC(=O)NC(C)c3ccccc3)n2)CC1C. The van der Waals surface area contributed by atoms with Gasteiger partial charge in [0.05, 0.1) is 11.8 Å². The molecule has 1 aromatic heterocycles. The Labute approximate surface area is 198 Å². The van der Waals surface area contributed by atoms with Crippen LogP contribution in [-0.4, -0.2) is 64.8 Å². The molecule has 2 unspecified atom stereocenters. The molecule has 1 aromatic carbocycles. The summed E-state index contributed by atoms with van der Waals surface area (Å²) in [6, 6.07) is 11.4. The molecule has 0 saturated carbocycles. The number of anilines is 1. The Morgan fingerprint density at radius 3 is 2.69 bits per heavy atom. The molecule has 2 heterocycles. The van der Waals surface area contributed by atoms with Gasteiger partial charge in [-0.2, -0.15) is 0 Å². The number of benzene rings is 1. The van der Waals surface area contributed by atoms with Crippen LogP contribution in [0.2, 0.25) is 5.15 Å². The normalized spacial score (nSPS) is 17.1. The average molecular weight is 477 g/mol. The number of rotatable bonds is 7. The van der Waals surface area contributed by atoms with Crippen molar-refractivity contribution in [1.82, 2.24) is 25.5 Å². The molecule has 0 spiro atoms. The second-order valence-electron chi connectivity index (χ2n) is 7.64. The van der Waals surface area contributed by atoms with Crippen molar-refractivity contribution < 1.29 is 9.59 Å². The van der Waals surface area contributed by atoms with Gasteiger partial charge in [0.15, 0.2) is 5.16 Å². The van der Waals surface area contributed by atoms with E-state index in [0.717, 1.165) is 5.56 Å². The van der Waals surface area contributed by atoms with Crippen LogP contribution in [0.5, 0.6) is 0 Å². The van der Waals surface area contributed by atoms with Crippen molar-refractivity contribution in [2.75, 3.05) is 36.8 Å². The summed E-state index contributed by atoms with van der Waals surface area (Å²) in [6.45, 7) is 8.36. The fourth-order valence-electron chi connectivity index (χ4n) is 3.57. The van der Waals surface area contributed by atoms with Crippen molar-refractivity contribution in [2.45, 2.75) is 38.0 Å². The molecule has 1 aliphatic rings. The molecule has 32 heavy (non-hydrogen) atoms. The summed E-state index contributed by atoms with van der Waals surface area (Å²) >= 11 is 7.49. The van der Waals surface area contributed by atoms with E-state index < -0.39 is 0 Å². The first-order valence-corrected chi connectivity index (χ1v) is 12.0. The fraction of sp³-hybridized carbons (Fsp3) is 0.455. The number of carbonyl (C=O) groups excluding carboxylic acids is 2. The van der Waals surface area contributed by atoms with E-state index in [1.807, 2.05) is 56.0 Å². The van der Waals surface area contributed by atoms with Gasteiger partial charge in [0.25, 0.3) is 0 Å². The first-order valence-electron chi connectivity index (χ1n) is 10.7. The van der Waals surface area contributed by atoms with Crippen LogP contribution < -0.4 is 15.5 Å². The van der Waals surface area contributed by atoms with E-state index in [1.54, 1.807) is 6.07 Å². The number of amides is 3. The number of aromatic nitrogens is 2. The number of thioether (sulfide) groups is 1. The van der Waals surface area contributed by atoms with Gasteiger partial charge >= 0.3 is 6.03 Å². The molecular weight excluding hydrogens is 448 g/mol. The number of halogens is 1. The van der Waals surface area contributed by atoms with Gasteiger partial charge < -0.3 is 20.4 Å². The minimum absolute atomic E-state index is 0.0328. The molecule has 2 N–H and O–H groups in total. The third-order valence-electron chi connectivity index (χ3n) is 5.21. The van der Waals surface area contributed by atoms with Crippen molar-refractivity contribution in [3.05, 3.63) is 47.1 Å². The summed E-state index contributed by atoms with van der Waals surface area (Å²) in [7, 11) is 0. The molecule has 2 atom stereocenters. The fourth-order valence-corrected chi connectivity index (χ4v) is 4.46. The lowest BCUT2D eigenvalue weighted by molar-refractivity contribution is -0.119. The van der Waals surface area contributed by atoms with Crippen LogP contribution >= 0.6 is 23.4 Å². The highest BCUT2D eigenvalue weighted by Gasteiger charge is 2.28. The van der Waals surface area contributed by atoms with E-state index >= 15 is 0 Å². The number of piperazine rings is 1. The van der Waals surface area contributed by atoms with Gasteiger partial charge in [-0.3, -0.25) is 4.79 Å². The van der Waals surface area contributed by atoms with E-state index in [1.165, 1.54) is 11.8 Å². The van der Waals surface area contributed by atoms with Crippen LogP contribution in [0, 0.1) is 0 Å². The van der Waals surface area contributed by atoms with Crippen LogP contribution in [0.25, 0.3) is 0 Å². The van der Waals surface area contributed by atoms with Crippen LogP contribution in [0.1, 0.15) is 32.4 Å². The Balaban J connectivity index is 1.57. The lowest BCUT2D eigenvalue weighted by Gasteiger charge is -2.40. The lowest BCUT2D eigenvalue weighted by Crippen LogP contribution is -2.56. The molecule has 10 heteroatoms. The highest BCUT2D eigenvalue weighted by molar-refractivity contribution is 7.99. The molecule has 172 valence electrons. The van der Waals surface area contributed by atoms with Gasteiger partial charge in [-0.1, -0.05) is 53.7 Å². The standard InChI is InChI=1S/C22H29ClN6O2S/c1-4-24-22(31)29-11-10-28(13-15(29)2)19-12-18(23)26-21(27-19)32-14-20(30)25-16(3)17-8-6-5-7-9-17/h5-9,12,15-16H,4,10-11,13-14H2,1-3H3,(H,24,31)(H,25,30). The van der Waals surface area contributed by atoms with Crippen molar-refractivity contribution in [2.24, 2.45) is 0 Å². The summed E-state index contributed by atoms with van der Waals surface area (Å²) in [4.78, 5) is 37.4. The van der Waals surface area contributed by atoms with Gasteiger partial charge in [0.1, 0.15) is 11.0 Å². The molecule has 8 nitrogen and oxygen atoms in total. The Morgan fingerprint density at radius 2 is 2.00 bits per heavy atom. The molecule has 0 bridgehead atoms. The average Bonchev–Trinajstić information content (AvgIpc) is 2.78. The van der Waals surface area contributed by atoms with Crippen LogP contribution in [0.3, 0.4) is 0 Å². The largest absolute Gasteiger partial charge is 0.353 e. The zero-order valence-electron chi connectivity index (χ0n) is 18.5. The first-order chi connectivity index (χ1) is 15.4. The van der Waals surface area contributed by atoms with Crippen molar-refractivity contribution in [1.29, 1.82) is 0 Å². The number of hydrogen-bond acceptors (Lipinski definition) is 6. The monoisotopic (exact) mass is 476 g/mol. The van der Waals surface area contributed by atoms with E-state index in [2.05, 4.69) is 25.5 Å². The summed E-state index contributed by atoms with van der Waals surface area (Å²) in [5, 5.41) is 6.62. The van der Waals surface area contributed by atoms with Crippen molar-refractivity contribution >= 4 is 41.1 Å². The minimum Gasteiger partial charge on any atom is -0.353 e. The van der Waals surface area contributed by atoms with Crippen LogP contribution in [0.4, 0.5) is 10.6 Å². The maximum atomic E-state index is 12.4. The number of urea groups is 1. The maximum Gasteiger partial charge on any atom is 0.317 e. The highest BCUT2D eigenvalue weighted by atomic mass is 35.5. The zero-order valence-corrected chi connectivity index (χ0v) is 20.1. The van der Waals surface area contributed by atoms with Crippen LogP contribution in [-0.2, 0) is 4.79 Å². The Bertz CT molecular complexity index is 932. The number of carbonyl (C=O) groups is 2. The lowest BCUT2D eigenvalue weighted by atomic mass is 10.1. The molecule has 0 aliphatic carbocycles. The second-order valence-corrected chi connectivity index (χ2v) is 8.97. The summed E-state index contributed by atoms with van der Waals surface area (Å²) in [6.07, 6.45) is 0. The third kappa shape index (κ3) is 6.49. The Kier molecular flexibility index (Phi) is 8.58. The maximum absolute atomic E-state index is 12.4. The van der Waals surface area contributed by atoms with E-state index in [4.69, 9.17) is 11.6 Å². The van der Waals surface area contributed by atoms with Gasteiger partial charge in [0.2, 0.25) is 5.91 Å². The molecule has 0 radical (unpaired) electrons. The van der Waals surface area contributed by atoms with Crippen molar-refractivity contribution in [3.8, 4) is 0 Å². The number of nitrogens with one attached hydrogen (secondary N) is 2. The quantitative estimate of drug-likeness (QED) is 0.362. The molecule has 1 fully saturated rings. The van der Waals surface area contributed by atoms with Gasteiger partial charge in [0, 0.05) is 38.3 Å². The molecular formula is C22H29ClN6O2S. The Hall–Kier alpha value is -2.52. The van der Waals surface area contributed by atoms with Crippen molar-refractivity contribution in [3.63, 3.8) is 0 Å². The second kappa shape index (κ2) is 11.4. The molecule has 1 saturated heterocycles. The smallest absolute Gasteiger partial charge is 0.317 e. The first kappa shape index (κ1) is 24.1. The van der Waals surface area contributed by atoms with Gasteiger partial charge in [-0.05, 0) is 26.3 Å². The van der Waals surface area contributed by atoms with Gasteiger partial charge in [-0.25, -0.2) is 14.8 Å². The predicted molar refractivity (Wildman–Crippen MR) is 128 cm³/mol. The molecule has 3 rings (SSSR count). The van der Waals surface area contributed by atoms with E-state index in [-0.39, 0.29) is 29.8 Å². The third-order valence-corrected chi connectivity index (χ3v) is 6.25. The molecule has 2 aromatic rings. The molecule has 3 amide bonds. The minimum atomic E-state index is -0.0966. The number of hydrogen-bond donors (Lipinski definition) is 2. The predicted octanol–water partition coefficient (Wildman–Crippen LogP) is 3.34.